The zero-order valence-electron chi connectivity index (χ0n) is 15.9. The molecule has 28 heavy (non-hydrogen) atoms. The maximum Gasteiger partial charge on any atom is 0.273 e. The van der Waals surface area contributed by atoms with Gasteiger partial charge in [-0.2, -0.15) is 0 Å². The minimum absolute atomic E-state index is 0.166. The Balaban J connectivity index is 1.52. The first-order valence-electron chi connectivity index (χ1n) is 9.34. The van der Waals surface area contributed by atoms with Gasteiger partial charge < -0.3 is 14.8 Å². The third-order valence-electron chi connectivity index (χ3n) is 4.66. The fourth-order valence-corrected chi connectivity index (χ4v) is 3.20. The number of carbonyl (C=O) groups is 1. The average Bonchev–Trinajstić information content (AvgIpc) is 3.20. The van der Waals surface area contributed by atoms with E-state index in [1.165, 1.54) is 0 Å². The highest BCUT2D eigenvalue weighted by Gasteiger charge is 2.25. The van der Waals surface area contributed by atoms with Gasteiger partial charge in [-0.3, -0.25) is 4.79 Å². The Hall–Kier alpha value is -3.35. The molecule has 7 nitrogen and oxygen atoms in total. The molecule has 0 radical (unpaired) electrons. The predicted molar refractivity (Wildman–Crippen MR) is 104 cm³/mol. The van der Waals surface area contributed by atoms with E-state index in [1.807, 2.05) is 56.3 Å². The lowest BCUT2D eigenvalue weighted by atomic mass is 10.00. The molecule has 144 valence electrons. The van der Waals surface area contributed by atoms with E-state index in [9.17, 15) is 4.79 Å². The Morgan fingerprint density at radius 2 is 2.11 bits per heavy atom. The molecule has 1 aliphatic heterocycles. The summed E-state index contributed by atoms with van der Waals surface area (Å²) < 4.78 is 12.9. The summed E-state index contributed by atoms with van der Waals surface area (Å²) in [5.74, 6) is 1.26. The van der Waals surface area contributed by atoms with E-state index >= 15 is 0 Å². The van der Waals surface area contributed by atoms with E-state index < -0.39 is 0 Å². The van der Waals surface area contributed by atoms with E-state index in [0.29, 0.717) is 19.6 Å². The van der Waals surface area contributed by atoms with Gasteiger partial charge in [0.1, 0.15) is 11.5 Å². The van der Waals surface area contributed by atoms with Crippen molar-refractivity contribution in [2.75, 3.05) is 13.2 Å². The van der Waals surface area contributed by atoms with Crippen molar-refractivity contribution < 1.29 is 14.3 Å². The highest BCUT2D eigenvalue weighted by Crippen LogP contribution is 2.35. The van der Waals surface area contributed by atoms with Crippen molar-refractivity contribution in [3.63, 3.8) is 0 Å². The SMILES string of the molecule is CCOc1ccc2c(c1)[C@@H](NC(=O)c1cn(-c3ccc(C)cc3)nn1)CCO2. The van der Waals surface area contributed by atoms with E-state index in [0.717, 1.165) is 28.3 Å². The molecule has 0 unspecified atom stereocenters. The molecule has 1 atom stereocenters. The van der Waals surface area contributed by atoms with Gasteiger partial charge in [-0.1, -0.05) is 22.9 Å². The Morgan fingerprint density at radius 1 is 1.29 bits per heavy atom. The second-order valence-electron chi connectivity index (χ2n) is 6.68. The smallest absolute Gasteiger partial charge is 0.273 e. The molecule has 2 aromatic carbocycles. The van der Waals surface area contributed by atoms with Gasteiger partial charge >= 0.3 is 0 Å². The van der Waals surface area contributed by atoms with Crippen molar-refractivity contribution in [1.82, 2.24) is 20.3 Å². The third-order valence-corrected chi connectivity index (χ3v) is 4.66. The second-order valence-corrected chi connectivity index (χ2v) is 6.68. The van der Waals surface area contributed by atoms with E-state index in [4.69, 9.17) is 9.47 Å². The van der Waals surface area contributed by atoms with Crippen LogP contribution in [0.1, 0.15) is 41.0 Å². The van der Waals surface area contributed by atoms with Gasteiger partial charge in [0.2, 0.25) is 0 Å². The van der Waals surface area contributed by atoms with E-state index in [1.54, 1.807) is 10.9 Å². The maximum absolute atomic E-state index is 12.7. The summed E-state index contributed by atoms with van der Waals surface area (Å²) in [7, 11) is 0. The zero-order chi connectivity index (χ0) is 19.5. The van der Waals surface area contributed by atoms with Crippen LogP contribution in [0.3, 0.4) is 0 Å². The monoisotopic (exact) mass is 378 g/mol. The van der Waals surface area contributed by atoms with Crippen LogP contribution in [0.25, 0.3) is 5.69 Å². The molecular formula is C21H22N4O3. The van der Waals surface area contributed by atoms with Crippen molar-refractivity contribution in [3.05, 3.63) is 65.5 Å². The van der Waals surface area contributed by atoms with Gasteiger partial charge in [0.05, 0.1) is 31.1 Å². The standard InChI is InChI=1S/C21H22N4O3/c1-3-27-16-8-9-20-17(12-16)18(10-11-28-20)22-21(26)19-13-25(24-23-19)15-6-4-14(2)5-7-15/h4-9,12-13,18H,3,10-11H2,1-2H3,(H,22,26)/t18-/m0/s1. The molecule has 0 saturated carbocycles. The third kappa shape index (κ3) is 3.69. The molecule has 0 bridgehead atoms. The number of aromatic nitrogens is 3. The fraction of sp³-hybridized carbons (Fsp3) is 0.286. The first kappa shape index (κ1) is 18.0. The summed E-state index contributed by atoms with van der Waals surface area (Å²) in [5.41, 5.74) is 3.20. The number of nitrogens with one attached hydrogen (secondary N) is 1. The summed E-state index contributed by atoms with van der Waals surface area (Å²) in [6, 6.07) is 13.4. The highest BCUT2D eigenvalue weighted by atomic mass is 16.5. The number of hydrogen-bond donors (Lipinski definition) is 1. The van der Waals surface area contributed by atoms with Gasteiger partial charge in [0.15, 0.2) is 5.69 Å². The van der Waals surface area contributed by atoms with E-state index in [2.05, 4.69) is 15.6 Å². The number of carbonyl (C=O) groups excluding carboxylic acids is 1. The second kappa shape index (κ2) is 7.72. The van der Waals surface area contributed by atoms with Crippen molar-refractivity contribution in [3.8, 4) is 17.2 Å². The molecule has 1 aliphatic rings. The summed E-state index contributed by atoms with van der Waals surface area (Å²) in [6.07, 6.45) is 2.32. The van der Waals surface area contributed by atoms with Crippen molar-refractivity contribution >= 4 is 5.91 Å². The highest BCUT2D eigenvalue weighted by molar-refractivity contribution is 5.92. The number of ether oxygens (including phenoxy) is 2. The van der Waals surface area contributed by atoms with Gasteiger partial charge in [-0.25, -0.2) is 4.68 Å². The van der Waals surface area contributed by atoms with E-state index in [-0.39, 0.29) is 17.6 Å². The molecule has 2 heterocycles. The summed E-state index contributed by atoms with van der Waals surface area (Å²) in [5, 5.41) is 11.1. The van der Waals surface area contributed by atoms with Crippen LogP contribution in [-0.4, -0.2) is 34.1 Å². The molecule has 0 spiro atoms. The minimum Gasteiger partial charge on any atom is -0.494 e. The van der Waals surface area contributed by atoms with Crippen LogP contribution >= 0.6 is 0 Å². The van der Waals surface area contributed by atoms with Crippen LogP contribution in [-0.2, 0) is 0 Å². The van der Waals surface area contributed by atoms with Gasteiger partial charge in [-0.05, 0) is 44.2 Å². The number of hydrogen-bond acceptors (Lipinski definition) is 5. The topological polar surface area (TPSA) is 78.3 Å². The molecule has 1 amide bonds. The van der Waals surface area contributed by atoms with Crippen LogP contribution in [0, 0.1) is 6.92 Å². The van der Waals surface area contributed by atoms with Gasteiger partial charge in [-0.15, -0.1) is 5.10 Å². The molecule has 0 fully saturated rings. The Kier molecular flexibility index (Phi) is 4.97. The average molecular weight is 378 g/mol. The van der Waals surface area contributed by atoms with Crippen LogP contribution in [0.2, 0.25) is 0 Å². The van der Waals surface area contributed by atoms with Crippen LogP contribution in [0.4, 0.5) is 0 Å². The summed E-state index contributed by atoms with van der Waals surface area (Å²) >= 11 is 0. The predicted octanol–water partition coefficient (Wildman–Crippen LogP) is 3.23. The number of rotatable bonds is 5. The lowest BCUT2D eigenvalue weighted by Crippen LogP contribution is -2.32. The zero-order valence-corrected chi connectivity index (χ0v) is 15.9. The molecule has 7 heteroatoms. The Bertz CT molecular complexity index is 982. The fourth-order valence-electron chi connectivity index (χ4n) is 3.20. The van der Waals surface area contributed by atoms with Crippen LogP contribution in [0.5, 0.6) is 11.5 Å². The summed E-state index contributed by atoms with van der Waals surface area (Å²) in [4.78, 5) is 12.7. The number of aryl methyl sites for hydroxylation is 1. The van der Waals surface area contributed by atoms with Crippen molar-refractivity contribution in [1.29, 1.82) is 0 Å². The lowest BCUT2D eigenvalue weighted by molar-refractivity contribution is 0.0919. The molecule has 3 aromatic rings. The first-order valence-corrected chi connectivity index (χ1v) is 9.34. The van der Waals surface area contributed by atoms with Crippen LogP contribution < -0.4 is 14.8 Å². The molecule has 1 aromatic heterocycles. The number of fused-ring (bicyclic) bond motifs is 1. The minimum atomic E-state index is -0.266. The molecule has 1 N–H and O–H groups in total. The first-order chi connectivity index (χ1) is 13.6. The molecule has 0 saturated heterocycles. The Labute approximate surface area is 163 Å². The van der Waals surface area contributed by atoms with Crippen molar-refractivity contribution in [2.24, 2.45) is 0 Å². The number of benzene rings is 2. The molecule has 4 rings (SSSR count). The Morgan fingerprint density at radius 3 is 2.89 bits per heavy atom. The van der Waals surface area contributed by atoms with Crippen LogP contribution in [0.15, 0.2) is 48.7 Å². The van der Waals surface area contributed by atoms with Gasteiger partial charge in [0, 0.05) is 12.0 Å². The molecule has 0 aliphatic carbocycles. The molecular weight excluding hydrogens is 356 g/mol. The largest absolute Gasteiger partial charge is 0.494 e. The maximum atomic E-state index is 12.7. The summed E-state index contributed by atoms with van der Waals surface area (Å²) in [6.45, 7) is 5.08. The number of amides is 1. The number of nitrogens with zero attached hydrogens (tertiary/aromatic N) is 3. The normalized spacial score (nSPS) is 15.4. The van der Waals surface area contributed by atoms with Crippen molar-refractivity contribution in [2.45, 2.75) is 26.3 Å². The quantitative estimate of drug-likeness (QED) is 0.737. The van der Waals surface area contributed by atoms with Gasteiger partial charge in [0.25, 0.3) is 5.91 Å². The lowest BCUT2D eigenvalue weighted by Gasteiger charge is -2.27.